The quantitative estimate of drug-likeness (QED) is 0.374. The molecule has 1 atom stereocenters. The molecule has 2 aliphatic rings. The Kier molecular flexibility index (Phi) is 7.61. The van der Waals surface area contributed by atoms with Gasteiger partial charge in [-0.1, -0.05) is 30.3 Å². The van der Waals surface area contributed by atoms with Crippen LogP contribution in [0.1, 0.15) is 16.1 Å². The SMILES string of the molecule is COc1ccc2[nH]c(C(=O)N3CC(=O)N(Cc4ccccc4)[C@@H](CN4CCN(c5ccc(F)cc5)CC4)C3)cc2c1. The van der Waals surface area contributed by atoms with Crippen molar-refractivity contribution in [3.05, 3.63) is 95.9 Å². The second kappa shape index (κ2) is 11.6. The summed E-state index contributed by atoms with van der Waals surface area (Å²) in [6.45, 7) is 4.93. The predicted molar refractivity (Wildman–Crippen MR) is 157 cm³/mol. The minimum atomic E-state index is -0.237. The summed E-state index contributed by atoms with van der Waals surface area (Å²) >= 11 is 0. The van der Waals surface area contributed by atoms with E-state index in [9.17, 15) is 14.0 Å². The highest BCUT2D eigenvalue weighted by Gasteiger charge is 2.37. The molecule has 8 nitrogen and oxygen atoms in total. The van der Waals surface area contributed by atoms with E-state index in [2.05, 4.69) is 14.8 Å². The van der Waals surface area contributed by atoms with Crippen molar-refractivity contribution in [1.29, 1.82) is 0 Å². The molecule has 6 rings (SSSR count). The van der Waals surface area contributed by atoms with Crippen LogP contribution >= 0.6 is 0 Å². The molecule has 2 saturated heterocycles. The van der Waals surface area contributed by atoms with Gasteiger partial charge in [0.25, 0.3) is 5.91 Å². The van der Waals surface area contributed by atoms with Gasteiger partial charge in [-0.15, -0.1) is 0 Å². The van der Waals surface area contributed by atoms with E-state index in [1.165, 1.54) is 12.1 Å². The highest BCUT2D eigenvalue weighted by molar-refractivity contribution is 6.00. The number of ether oxygens (including phenoxy) is 1. The van der Waals surface area contributed by atoms with Crippen LogP contribution in [0.15, 0.2) is 78.9 Å². The number of rotatable bonds is 7. The minimum Gasteiger partial charge on any atom is -0.497 e. The average Bonchev–Trinajstić information content (AvgIpc) is 3.43. The number of piperazine rings is 2. The maximum absolute atomic E-state index is 13.6. The topological polar surface area (TPSA) is 72.1 Å². The van der Waals surface area contributed by atoms with Gasteiger partial charge in [0.05, 0.1) is 13.2 Å². The van der Waals surface area contributed by atoms with Crippen LogP contribution in [0.25, 0.3) is 10.9 Å². The molecule has 4 aromatic rings. The minimum absolute atomic E-state index is 0.0409. The first kappa shape index (κ1) is 26.8. The van der Waals surface area contributed by atoms with Gasteiger partial charge in [-0.25, -0.2) is 4.39 Å². The summed E-state index contributed by atoms with van der Waals surface area (Å²) in [5.41, 5.74) is 3.39. The zero-order valence-corrected chi connectivity index (χ0v) is 23.1. The van der Waals surface area contributed by atoms with Gasteiger partial charge < -0.3 is 24.4 Å². The molecule has 212 valence electrons. The number of aromatic nitrogens is 1. The van der Waals surface area contributed by atoms with Crippen LogP contribution in [-0.2, 0) is 11.3 Å². The van der Waals surface area contributed by atoms with Gasteiger partial charge in [0.2, 0.25) is 5.91 Å². The van der Waals surface area contributed by atoms with Gasteiger partial charge in [0, 0.05) is 62.4 Å². The lowest BCUT2D eigenvalue weighted by molar-refractivity contribution is -0.140. The fourth-order valence-corrected chi connectivity index (χ4v) is 5.85. The molecular weight excluding hydrogens is 521 g/mol. The fourth-order valence-electron chi connectivity index (χ4n) is 5.85. The number of anilines is 1. The van der Waals surface area contributed by atoms with Gasteiger partial charge in [-0.05, 0) is 54.1 Å². The van der Waals surface area contributed by atoms with Crippen molar-refractivity contribution in [1.82, 2.24) is 19.7 Å². The number of nitrogens with one attached hydrogen (secondary N) is 1. The fraction of sp³-hybridized carbons (Fsp3) is 0.312. The van der Waals surface area contributed by atoms with E-state index in [0.29, 0.717) is 25.3 Å². The lowest BCUT2D eigenvalue weighted by Gasteiger charge is -2.44. The third-order valence-corrected chi connectivity index (χ3v) is 8.09. The molecule has 0 radical (unpaired) electrons. The largest absolute Gasteiger partial charge is 0.497 e. The van der Waals surface area contributed by atoms with Crippen molar-refractivity contribution >= 4 is 28.4 Å². The maximum atomic E-state index is 13.6. The van der Waals surface area contributed by atoms with E-state index < -0.39 is 0 Å². The van der Waals surface area contributed by atoms with E-state index in [-0.39, 0.29) is 30.2 Å². The molecule has 41 heavy (non-hydrogen) atoms. The Morgan fingerprint density at radius 1 is 0.976 bits per heavy atom. The monoisotopic (exact) mass is 555 g/mol. The Balaban J connectivity index is 1.18. The summed E-state index contributed by atoms with van der Waals surface area (Å²) in [5, 5.41) is 0.886. The molecular formula is C32H34FN5O3. The second-order valence-electron chi connectivity index (χ2n) is 10.7. The number of H-pyrrole nitrogens is 1. The molecule has 3 aromatic carbocycles. The summed E-state index contributed by atoms with van der Waals surface area (Å²) in [6, 6.07) is 23.9. The Bertz CT molecular complexity index is 1520. The van der Waals surface area contributed by atoms with Crippen molar-refractivity contribution in [2.45, 2.75) is 12.6 Å². The van der Waals surface area contributed by atoms with Crippen LogP contribution in [0.4, 0.5) is 10.1 Å². The summed E-state index contributed by atoms with van der Waals surface area (Å²) in [4.78, 5) is 38.6. The lowest BCUT2D eigenvalue weighted by atomic mass is 10.1. The lowest BCUT2D eigenvalue weighted by Crippen LogP contribution is -2.61. The number of amides is 2. The Hall–Kier alpha value is -4.37. The van der Waals surface area contributed by atoms with Crippen molar-refractivity contribution in [2.24, 2.45) is 0 Å². The number of halogens is 1. The van der Waals surface area contributed by atoms with Gasteiger partial charge in [0.15, 0.2) is 0 Å². The number of hydrogen-bond donors (Lipinski definition) is 1. The van der Waals surface area contributed by atoms with E-state index in [4.69, 9.17) is 4.74 Å². The molecule has 9 heteroatoms. The molecule has 2 fully saturated rings. The summed E-state index contributed by atoms with van der Waals surface area (Å²) in [6.07, 6.45) is 0. The number of nitrogens with zero attached hydrogens (tertiary/aromatic N) is 4. The molecule has 2 aliphatic heterocycles. The van der Waals surface area contributed by atoms with Gasteiger partial charge >= 0.3 is 0 Å². The van der Waals surface area contributed by atoms with Crippen LogP contribution in [-0.4, -0.2) is 90.5 Å². The van der Waals surface area contributed by atoms with Gasteiger partial charge in [-0.3, -0.25) is 14.5 Å². The molecule has 3 heterocycles. The first-order valence-corrected chi connectivity index (χ1v) is 14.0. The number of carbonyl (C=O) groups excluding carboxylic acids is 2. The molecule has 2 amide bonds. The van der Waals surface area contributed by atoms with Crippen LogP contribution in [0.2, 0.25) is 0 Å². The molecule has 0 saturated carbocycles. The van der Waals surface area contributed by atoms with Crippen molar-refractivity contribution in [3.8, 4) is 5.75 Å². The number of fused-ring (bicyclic) bond motifs is 1. The molecule has 1 N–H and O–H groups in total. The predicted octanol–water partition coefficient (Wildman–Crippen LogP) is 3.99. The Labute approximate surface area is 238 Å². The highest BCUT2D eigenvalue weighted by atomic mass is 19.1. The number of hydrogen-bond acceptors (Lipinski definition) is 5. The van der Waals surface area contributed by atoms with Crippen molar-refractivity contribution in [2.75, 3.05) is 57.8 Å². The number of aromatic amines is 1. The molecule has 0 aliphatic carbocycles. The zero-order valence-electron chi connectivity index (χ0n) is 23.1. The molecule has 0 spiro atoms. The zero-order chi connectivity index (χ0) is 28.3. The molecule has 1 aromatic heterocycles. The standard InChI is InChI=1S/C32H34FN5O3/c1-41-28-11-12-29-24(17-28)18-30(34-29)32(40)37-21-27(38(31(39)22-37)19-23-5-3-2-4-6-23)20-35-13-15-36(16-14-35)26-9-7-25(33)8-10-26/h2-12,17-18,27,34H,13-16,19-22H2,1H3/t27-/m0/s1. The third kappa shape index (κ3) is 5.90. The van der Waals surface area contributed by atoms with E-state index in [0.717, 1.165) is 54.1 Å². The Morgan fingerprint density at radius 3 is 2.46 bits per heavy atom. The second-order valence-corrected chi connectivity index (χ2v) is 10.7. The van der Waals surface area contributed by atoms with Crippen LogP contribution in [0, 0.1) is 5.82 Å². The Morgan fingerprint density at radius 2 is 1.73 bits per heavy atom. The molecule has 0 bridgehead atoms. The summed E-state index contributed by atoms with van der Waals surface area (Å²) in [5.74, 6) is 0.249. The van der Waals surface area contributed by atoms with Crippen LogP contribution < -0.4 is 9.64 Å². The van der Waals surface area contributed by atoms with Crippen LogP contribution in [0.3, 0.4) is 0 Å². The first-order valence-electron chi connectivity index (χ1n) is 14.0. The third-order valence-electron chi connectivity index (χ3n) is 8.09. The van der Waals surface area contributed by atoms with Crippen molar-refractivity contribution in [3.63, 3.8) is 0 Å². The average molecular weight is 556 g/mol. The van der Waals surface area contributed by atoms with Crippen molar-refractivity contribution < 1.29 is 18.7 Å². The van der Waals surface area contributed by atoms with E-state index in [1.807, 2.05) is 71.6 Å². The number of carbonyl (C=O) groups is 2. The first-order chi connectivity index (χ1) is 20.0. The normalized spacial score (nSPS) is 18.2. The van der Waals surface area contributed by atoms with E-state index >= 15 is 0 Å². The smallest absolute Gasteiger partial charge is 0.270 e. The maximum Gasteiger partial charge on any atom is 0.270 e. The van der Waals surface area contributed by atoms with E-state index in [1.54, 1.807) is 12.0 Å². The number of methoxy groups -OCH3 is 1. The van der Waals surface area contributed by atoms with Crippen LogP contribution in [0.5, 0.6) is 5.75 Å². The summed E-state index contributed by atoms with van der Waals surface area (Å²) in [7, 11) is 1.61. The number of benzene rings is 3. The highest BCUT2D eigenvalue weighted by Crippen LogP contribution is 2.24. The molecule has 0 unspecified atom stereocenters. The van der Waals surface area contributed by atoms with Gasteiger partial charge in [0.1, 0.15) is 23.8 Å². The summed E-state index contributed by atoms with van der Waals surface area (Å²) < 4.78 is 18.7. The van der Waals surface area contributed by atoms with Gasteiger partial charge in [-0.2, -0.15) is 0 Å².